The van der Waals surface area contributed by atoms with Gasteiger partial charge in [0.05, 0.1) is 12.8 Å². The summed E-state index contributed by atoms with van der Waals surface area (Å²) in [6, 6.07) is 6.57. The first-order valence-corrected chi connectivity index (χ1v) is 6.15. The molecule has 4 nitrogen and oxygen atoms in total. The zero-order valence-electron chi connectivity index (χ0n) is 9.74. The van der Waals surface area contributed by atoms with Gasteiger partial charge >= 0.3 is 0 Å². The molecule has 6 heteroatoms. The average molecular weight is 357 g/mol. The quantitative estimate of drug-likeness (QED) is 0.777. The Labute approximate surface area is 117 Å². The van der Waals surface area contributed by atoms with Gasteiger partial charge in [-0.2, -0.15) is 10.4 Å². The van der Waals surface area contributed by atoms with E-state index in [1.54, 1.807) is 19.1 Å². The van der Waals surface area contributed by atoms with Crippen LogP contribution in [0.1, 0.15) is 11.3 Å². The van der Waals surface area contributed by atoms with Gasteiger partial charge in [0.25, 0.3) is 0 Å². The van der Waals surface area contributed by atoms with Gasteiger partial charge in [-0.1, -0.05) is 0 Å². The van der Waals surface area contributed by atoms with Crippen LogP contribution in [-0.4, -0.2) is 16.9 Å². The van der Waals surface area contributed by atoms with E-state index in [9.17, 15) is 4.39 Å². The summed E-state index contributed by atoms with van der Waals surface area (Å²) in [6.07, 6.45) is 0. The van der Waals surface area contributed by atoms with Crippen LogP contribution in [0.4, 0.5) is 4.39 Å². The number of aryl methyl sites for hydroxylation is 1. The monoisotopic (exact) mass is 357 g/mol. The topological polar surface area (TPSA) is 50.8 Å². The molecule has 0 saturated heterocycles. The Balaban J connectivity index is 2.60. The van der Waals surface area contributed by atoms with Crippen LogP contribution in [0.25, 0.3) is 5.69 Å². The van der Waals surface area contributed by atoms with Gasteiger partial charge in [0, 0.05) is 6.07 Å². The smallest absolute Gasteiger partial charge is 0.152 e. The Morgan fingerprint density at radius 1 is 1.50 bits per heavy atom. The standard InChI is InChI=1S/C12H9FIN3O/c1-7-9(6-15)12(14)17(16-7)11-4-3-8(18-2)5-10(11)13/h3-5H,1-2H3. The summed E-state index contributed by atoms with van der Waals surface area (Å²) in [7, 11) is 1.48. The van der Waals surface area contributed by atoms with Crippen LogP contribution in [0.2, 0.25) is 0 Å². The van der Waals surface area contributed by atoms with Crippen LogP contribution in [0.15, 0.2) is 18.2 Å². The predicted octanol–water partition coefficient (Wildman–Crippen LogP) is 2.80. The molecule has 1 aromatic carbocycles. The van der Waals surface area contributed by atoms with Gasteiger partial charge in [-0.25, -0.2) is 9.07 Å². The van der Waals surface area contributed by atoms with Gasteiger partial charge in [-0.05, 0) is 41.6 Å². The van der Waals surface area contributed by atoms with Gasteiger partial charge in [-0.3, -0.25) is 0 Å². The molecule has 2 rings (SSSR count). The molecule has 0 atom stereocenters. The lowest BCUT2D eigenvalue weighted by molar-refractivity contribution is 0.411. The molecule has 0 aliphatic carbocycles. The number of aromatic nitrogens is 2. The predicted molar refractivity (Wildman–Crippen MR) is 72.2 cm³/mol. The van der Waals surface area contributed by atoms with Crippen molar-refractivity contribution >= 4 is 22.6 Å². The molecule has 2 aromatic rings. The van der Waals surface area contributed by atoms with E-state index in [4.69, 9.17) is 10.00 Å². The molecule has 0 aliphatic heterocycles. The summed E-state index contributed by atoms with van der Waals surface area (Å²) in [6.45, 7) is 1.72. The van der Waals surface area contributed by atoms with Crippen molar-refractivity contribution in [1.82, 2.24) is 9.78 Å². The molecule has 0 bridgehead atoms. The zero-order chi connectivity index (χ0) is 13.3. The SMILES string of the molecule is COc1ccc(-n2nc(C)c(C#N)c2I)c(F)c1. The normalized spacial score (nSPS) is 10.2. The first kappa shape index (κ1) is 12.8. The van der Waals surface area contributed by atoms with Gasteiger partial charge in [0.2, 0.25) is 0 Å². The molecule has 0 spiro atoms. The van der Waals surface area contributed by atoms with Crippen molar-refractivity contribution in [2.75, 3.05) is 7.11 Å². The number of rotatable bonds is 2. The highest BCUT2D eigenvalue weighted by Crippen LogP contribution is 2.24. The Hall–Kier alpha value is -1.62. The highest BCUT2D eigenvalue weighted by molar-refractivity contribution is 14.1. The minimum absolute atomic E-state index is 0.296. The number of hydrogen-bond acceptors (Lipinski definition) is 3. The van der Waals surface area contributed by atoms with Crippen LogP contribution in [0.3, 0.4) is 0 Å². The van der Waals surface area contributed by atoms with E-state index in [0.717, 1.165) is 0 Å². The molecule has 0 fully saturated rings. The van der Waals surface area contributed by atoms with E-state index < -0.39 is 5.82 Å². The van der Waals surface area contributed by atoms with Crippen molar-refractivity contribution in [2.45, 2.75) is 6.92 Å². The number of ether oxygens (including phenoxy) is 1. The van der Waals surface area contributed by atoms with Gasteiger partial charge in [-0.15, -0.1) is 0 Å². The molecule has 1 aromatic heterocycles. The summed E-state index contributed by atoms with van der Waals surface area (Å²) in [5.74, 6) is -0.00472. The van der Waals surface area contributed by atoms with Crippen LogP contribution >= 0.6 is 22.6 Å². The fourth-order valence-corrected chi connectivity index (χ4v) is 2.45. The Morgan fingerprint density at radius 3 is 2.72 bits per heavy atom. The molecular formula is C12H9FIN3O. The minimum atomic E-state index is -0.445. The Morgan fingerprint density at radius 2 is 2.22 bits per heavy atom. The van der Waals surface area contributed by atoms with E-state index in [1.165, 1.54) is 17.9 Å². The summed E-state index contributed by atoms with van der Waals surface area (Å²) >= 11 is 1.98. The fraction of sp³-hybridized carbons (Fsp3) is 0.167. The molecule has 0 aliphatic rings. The molecule has 0 amide bonds. The van der Waals surface area contributed by atoms with Crippen LogP contribution in [0, 0.1) is 27.8 Å². The number of nitriles is 1. The molecule has 0 N–H and O–H groups in total. The van der Waals surface area contributed by atoms with Gasteiger partial charge in [0.1, 0.15) is 26.8 Å². The summed E-state index contributed by atoms with van der Waals surface area (Å²) in [4.78, 5) is 0. The first-order chi connectivity index (χ1) is 8.58. The molecule has 92 valence electrons. The maximum Gasteiger partial charge on any atom is 0.152 e. The largest absolute Gasteiger partial charge is 0.497 e. The second-order valence-corrected chi connectivity index (χ2v) is 4.61. The third-order valence-electron chi connectivity index (χ3n) is 2.50. The number of nitrogens with zero attached hydrogens (tertiary/aromatic N) is 3. The highest BCUT2D eigenvalue weighted by Gasteiger charge is 2.16. The van der Waals surface area contributed by atoms with E-state index in [2.05, 4.69) is 11.2 Å². The van der Waals surface area contributed by atoms with E-state index >= 15 is 0 Å². The van der Waals surface area contributed by atoms with Crippen molar-refractivity contribution in [1.29, 1.82) is 5.26 Å². The second kappa shape index (κ2) is 4.94. The molecule has 18 heavy (non-hydrogen) atoms. The maximum absolute atomic E-state index is 13.9. The molecule has 0 unspecified atom stereocenters. The number of methoxy groups -OCH3 is 1. The van der Waals surface area contributed by atoms with Crippen molar-refractivity contribution < 1.29 is 9.13 Å². The lowest BCUT2D eigenvalue weighted by Gasteiger charge is -2.06. The lowest BCUT2D eigenvalue weighted by Crippen LogP contribution is -2.02. The molecule has 0 saturated carbocycles. The number of halogens is 2. The zero-order valence-corrected chi connectivity index (χ0v) is 11.9. The van der Waals surface area contributed by atoms with Crippen molar-refractivity contribution in [3.63, 3.8) is 0 Å². The number of benzene rings is 1. The summed E-state index contributed by atoms with van der Waals surface area (Å²) in [5.41, 5.74) is 1.34. The van der Waals surface area contributed by atoms with Crippen LogP contribution < -0.4 is 4.74 Å². The second-order valence-electron chi connectivity index (χ2n) is 3.59. The van der Waals surface area contributed by atoms with Crippen molar-refractivity contribution in [2.24, 2.45) is 0 Å². The molecule has 1 heterocycles. The van der Waals surface area contributed by atoms with Crippen LogP contribution in [-0.2, 0) is 0 Å². The van der Waals surface area contributed by atoms with Gasteiger partial charge < -0.3 is 4.74 Å². The van der Waals surface area contributed by atoms with Gasteiger partial charge in [0.15, 0.2) is 5.82 Å². The summed E-state index contributed by atoms with van der Waals surface area (Å²) in [5, 5.41) is 13.2. The number of hydrogen-bond donors (Lipinski definition) is 0. The van der Waals surface area contributed by atoms with E-state index in [0.29, 0.717) is 26.4 Å². The molecular weight excluding hydrogens is 348 g/mol. The maximum atomic E-state index is 13.9. The minimum Gasteiger partial charge on any atom is -0.497 e. The third kappa shape index (κ3) is 2.06. The first-order valence-electron chi connectivity index (χ1n) is 5.07. The average Bonchev–Trinajstić information content (AvgIpc) is 2.64. The molecule has 0 radical (unpaired) electrons. The fourth-order valence-electron chi connectivity index (χ4n) is 1.57. The highest BCUT2D eigenvalue weighted by atomic mass is 127. The van der Waals surface area contributed by atoms with Crippen LogP contribution in [0.5, 0.6) is 5.75 Å². The lowest BCUT2D eigenvalue weighted by atomic mass is 10.3. The third-order valence-corrected chi connectivity index (χ3v) is 3.50. The van der Waals surface area contributed by atoms with Crippen molar-refractivity contribution in [3.05, 3.63) is 39.0 Å². The Bertz CT molecular complexity index is 646. The van der Waals surface area contributed by atoms with E-state index in [-0.39, 0.29) is 0 Å². The van der Waals surface area contributed by atoms with Crippen molar-refractivity contribution in [3.8, 4) is 17.5 Å². The Kier molecular flexibility index (Phi) is 3.52. The summed E-state index contributed by atoms with van der Waals surface area (Å²) < 4.78 is 20.9. The van der Waals surface area contributed by atoms with E-state index in [1.807, 2.05) is 22.6 Å².